The molecule has 5 rings (SSSR count). The molecule has 0 bridgehead atoms. The van der Waals surface area contributed by atoms with E-state index in [-0.39, 0.29) is 47.4 Å². The Kier molecular flexibility index (Phi) is 6.48. The highest BCUT2D eigenvalue weighted by Crippen LogP contribution is 2.48. The van der Waals surface area contributed by atoms with Crippen molar-refractivity contribution < 1.29 is 17.9 Å². The van der Waals surface area contributed by atoms with Gasteiger partial charge in [0, 0.05) is 37.8 Å². The fraction of sp³-hybridized carbons (Fsp3) is 0.400. The number of halogens is 2. The minimum atomic E-state index is -3.96. The van der Waals surface area contributed by atoms with Crippen LogP contribution < -0.4 is 10.4 Å². The molecule has 0 saturated heterocycles. The van der Waals surface area contributed by atoms with E-state index in [2.05, 4.69) is 23.5 Å². The van der Waals surface area contributed by atoms with Crippen LogP contribution in [0, 0.1) is 24.6 Å². The van der Waals surface area contributed by atoms with Gasteiger partial charge in [-0.1, -0.05) is 24.1 Å². The van der Waals surface area contributed by atoms with E-state index in [1.807, 2.05) is 11.2 Å². The van der Waals surface area contributed by atoms with Crippen LogP contribution in [0.15, 0.2) is 63.9 Å². The van der Waals surface area contributed by atoms with E-state index in [1.54, 1.807) is 26.1 Å². The van der Waals surface area contributed by atoms with Crippen LogP contribution in [-0.4, -0.2) is 47.3 Å². The van der Waals surface area contributed by atoms with Crippen molar-refractivity contribution in [2.75, 3.05) is 24.7 Å². The largest absolute Gasteiger partial charge is 0.395 e. The van der Waals surface area contributed by atoms with Crippen molar-refractivity contribution in [3.63, 3.8) is 0 Å². The van der Waals surface area contributed by atoms with Crippen LogP contribution in [0.25, 0.3) is 0 Å². The number of hydrogen-bond donors (Lipinski definition) is 2. The number of benzene rings is 1. The maximum absolute atomic E-state index is 13.6. The first-order valence-corrected chi connectivity index (χ1v) is 13.7. The third-order valence-corrected chi connectivity index (χ3v) is 9.82. The minimum Gasteiger partial charge on any atom is -0.395 e. The molecule has 0 unspecified atom stereocenters. The van der Waals surface area contributed by atoms with E-state index in [4.69, 9.17) is 11.6 Å². The number of aliphatic hydroxyl groups is 1. The second-order valence-electron chi connectivity index (χ2n) is 9.42. The van der Waals surface area contributed by atoms with Gasteiger partial charge in [0.2, 0.25) is 10.0 Å². The summed E-state index contributed by atoms with van der Waals surface area (Å²) in [7, 11) is -2.36. The van der Waals surface area contributed by atoms with Crippen LogP contribution in [0.5, 0.6) is 0 Å². The number of allylic oxidation sites excluding steroid dienone is 3. The first-order valence-electron chi connectivity index (χ1n) is 11.9. The molecule has 0 saturated carbocycles. The quantitative estimate of drug-likeness (QED) is 0.564. The summed E-state index contributed by atoms with van der Waals surface area (Å²) >= 11 is 6.30. The summed E-state index contributed by atoms with van der Waals surface area (Å²) in [5.41, 5.74) is 9.00. The van der Waals surface area contributed by atoms with Crippen molar-refractivity contribution in [2.24, 2.45) is 18.9 Å². The lowest BCUT2D eigenvalue weighted by molar-refractivity contribution is 0.243. The van der Waals surface area contributed by atoms with Gasteiger partial charge in [-0.05, 0) is 61.6 Å². The van der Waals surface area contributed by atoms with Crippen molar-refractivity contribution in [1.29, 1.82) is 0 Å². The molecule has 2 atom stereocenters. The number of aromatic nitrogens is 2. The smallest absolute Gasteiger partial charge is 0.248 e. The Labute approximate surface area is 215 Å². The Bertz CT molecular complexity index is 1400. The summed E-state index contributed by atoms with van der Waals surface area (Å²) in [6.07, 6.45) is 5.75. The summed E-state index contributed by atoms with van der Waals surface area (Å²) < 4.78 is 43.3. The van der Waals surface area contributed by atoms with E-state index < -0.39 is 10.0 Å². The number of aliphatic hydroxyl groups excluding tert-OH is 1. The molecule has 1 aromatic carbocycles. The zero-order valence-electron chi connectivity index (χ0n) is 20.4. The lowest BCUT2D eigenvalue weighted by Crippen LogP contribution is -2.38. The van der Waals surface area contributed by atoms with Crippen LogP contribution in [0.1, 0.15) is 25.5 Å². The number of nitrogens with zero attached hydrogens (tertiary/aromatic N) is 4. The van der Waals surface area contributed by atoms with Gasteiger partial charge in [-0.15, -0.1) is 0 Å². The predicted molar refractivity (Wildman–Crippen MR) is 136 cm³/mol. The average molecular weight is 534 g/mol. The molecule has 0 radical (unpaired) electrons. The third-order valence-electron chi connectivity index (χ3n) is 7.26. The Morgan fingerprint density at radius 3 is 2.67 bits per heavy atom. The van der Waals surface area contributed by atoms with Crippen molar-refractivity contribution in [3.05, 3.63) is 75.6 Å². The van der Waals surface area contributed by atoms with E-state index in [9.17, 15) is 17.9 Å². The summed E-state index contributed by atoms with van der Waals surface area (Å²) in [5, 5.41) is 15.9. The molecule has 192 valence electrons. The summed E-state index contributed by atoms with van der Waals surface area (Å²) in [4.78, 5) is -0.0103. The van der Waals surface area contributed by atoms with Crippen LogP contribution in [0.4, 0.5) is 10.1 Å². The van der Waals surface area contributed by atoms with Gasteiger partial charge < -0.3 is 10.5 Å². The lowest BCUT2D eigenvalue weighted by Gasteiger charge is -2.32. The SMILES string of the molecule is Cc1nn(C)c(Cl)c1S(=O)(=O)N(CCO)C[C@H]1CCC2=C1[C@@H](C)C1=CNN(c3ccc(F)cc3)C1=C2. The molecular weight excluding hydrogens is 505 g/mol. The van der Waals surface area contributed by atoms with E-state index >= 15 is 0 Å². The van der Waals surface area contributed by atoms with Crippen LogP contribution >= 0.6 is 11.6 Å². The molecule has 2 aromatic rings. The third kappa shape index (κ3) is 4.06. The van der Waals surface area contributed by atoms with E-state index in [0.29, 0.717) is 5.69 Å². The Morgan fingerprint density at radius 2 is 2.03 bits per heavy atom. The molecule has 36 heavy (non-hydrogen) atoms. The second kappa shape index (κ2) is 9.33. The maximum atomic E-state index is 13.6. The van der Waals surface area contributed by atoms with Crippen molar-refractivity contribution in [2.45, 2.75) is 31.6 Å². The second-order valence-corrected chi connectivity index (χ2v) is 11.7. The topological polar surface area (TPSA) is 90.7 Å². The lowest BCUT2D eigenvalue weighted by atomic mass is 9.80. The molecule has 2 heterocycles. The van der Waals surface area contributed by atoms with E-state index in [0.717, 1.165) is 29.8 Å². The minimum absolute atomic E-state index is 0.00523. The number of fused-ring (bicyclic) bond motifs is 1. The predicted octanol–water partition coefficient (Wildman–Crippen LogP) is 3.65. The maximum Gasteiger partial charge on any atom is 0.248 e. The standard InChI is InChI=1S/C25H29ClFN5O3S/c1-15-21-13-28-32(20-8-6-19(27)7-9-20)22(21)12-17-4-5-18(23(15)17)14-31(10-11-33)36(34,35)24-16(2)29-30(3)25(24)26/h6-9,12-13,15,18,28,33H,4-5,10-11,14H2,1-3H3/t15-,18+/m0/s1. The number of rotatable bonds is 7. The van der Waals surface area contributed by atoms with Gasteiger partial charge in [0.1, 0.15) is 15.9 Å². The Balaban J connectivity index is 1.45. The first-order chi connectivity index (χ1) is 17.1. The molecule has 1 aliphatic heterocycles. The number of hydrazine groups is 1. The molecule has 11 heteroatoms. The van der Waals surface area contributed by atoms with Gasteiger partial charge in [-0.3, -0.25) is 9.69 Å². The molecule has 2 N–H and O–H groups in total. The first kappa shape index (κ1) is 25.0. The van der Waals surface area contributed by atoms with Crippen LogP contribution in [0.2, 0.25) is 5.15 Å². The van der Waals surface area contributed by atoms with Gasteiger partial charge >= 0.3 is 0 Å². The highest BCUT2D eigenvalue weighted by molar-refractivity contribution is 7.89. The summed E-state index contributed by atoms with van der Waals surface area (Å²) in [6.45, 7) is 3.69. The highest BCUT2D eigenvalue weighted by Gasteiger charge is 2.40. The normalized spacial score (nSPS) is 21.5. The average Bonchev–Trinajstić information content (AvgIpc) is 3.50. The number of anilines is 1. The van der Waals surface area contributed by atoms with Crippen molar-refractivity contribution in [3.8, 4) is 0 Å². The molecule has 3 aliphatic rings. The number of sulfonamides is 1. The fourth-order valence-corrected chi connectivity index (χ4v) is 7.79. The van der Waals surface area contributed by atoms with Crippen molar-refractivity contribution >= 4 is 27.3 Å². The Morgan fingerprint density at radius 1 is 1.31 bits per heavy atom. The molecule has 0 amide bonds. The highest BCUT2D eigenvalue weighted by atomic mass is 35.5. The van der Waals surface area contributed by atoms with Gasteiger partial charge in [0.15, 0.2) is 0 Å². The number of aryl methyl sites for hydroxylation is 2. The molecular formula is C25H29ClFN5O3S. The zero-order chi connectivity index (χ0) is 25.8. The van der Waals surface area contributed by atoms with Gasteiger partial charge in [0.05, 0.1) is 23.7 Å². The monoisotopic (exact) mass is 533 g/mol. The molecule has 1 aromatic heterocycles. The van der Waals surface area contributed by atoms with Gasteiger partial charge in [-0.25, -0.2) is 12.8 Å². The van der Waals surface area contributed by atoms with Crippen LogP contribution in [0.3, 0.4) is 0 Å². The molecule has 2 aliphatic carbocycles. The number of hydrogen-bond acceptors (Lipinski definition) is 6. The molecule has 8 nitrogen and oxygen atoms in total. The number of nitrogens with one attached hydrogen (secondary N) is 1. The fourth-order valence-electron chi connectivity index (χ4n) is 5.61. The summed E-state index contributed by atoms with van der Waals surface area (Å²) in [6, 6.07) is 6.33. The molecule has 0 fully saturated rings. The Hall–Kier alpha value is -2.66. The summed E-state index contributed by atoms with van der Waals surface area (Å²) in [5.74, 6) is -0.204. The van der Waals surface area contributed by atoms with Gasteiger partial charge in [-0.2, -0.15) is 9.40 Å². The zero-order valence-corrected chi connectivity index (χ0v) is 21.9. The van der Waals surface area contributed by atoms with Crippen LogP contribution in [-0.2, 0) is 17.1 Å². The van der Waals surface area contributed by atoms with Gasteiger partial charge in [0.25, 0.3) is 0 Å². The van der Waals surface area contributed by atoms with E-state index in [1.165, 1.54) is 32.3 Å². The molecule has 0 spiro atoms. The van der Waals surface area contributed by atoms with Crippen molar-refractivity contribution in [1.82, 2.24) is 19.5 Å².